The number of phenols is 1. The number of nitrogens with one attached hydrogen (secondary N) is 2. The Hall–Kier alpha value is -2.97. The Morgan fingerprint density at radius 1 is 0.889 bits per heavy atom. The van der Waals surface area contributed by atoms with E-state index in [0.717, 1.165) is 0 Å². The number of phenolic OH excluding ortho intramolecular Hbond substituents is 1. The number of esters is 1. The van der Waals surface area contributed by atoms with Crippen LogP contribution in [0.15, 0.2) is 42.5 Å². The van der Waals surface area contributed by atoms with E-state index in [1.165, 1.54) is 18.2 Å². The molecule has 3 N–H and O–H groups in total. The number of rotatable bonds is 6. The normalized spacial score (nSPS) is 10.0. The first kappa shape index (κ1) is 20.3. The van der Waals surface area contributed by atoms with E-state index in [1.54, 1.807) is 24.3 Å². The molecule has 2 rings (SSSR count). The number of hydrogen-bond acceptors (Lipinski definition) is 6. The molecule has 0 spiro atoms. The highest BCUT2D eigenvalue weighted by Gasteiger charge is 2.15. The van der Waals surface area contributed by atoms with Crippen molar-refractivity contribution in [2.45, 2.75) is 0 Å². The van der Waals surface area contributed by atoms with Crippen LogP contribution in [0.2, 0.25) is 10.0 Å². The highest BCUT2D eigenvalue weighted by atomic mass is 35.5. The van der Waals surface area contributed by atoms with Gasteiger partial charge in [0.15, 0.2) is 13.2 Å². The molecule has 0 aliphatic carbocycles. The Balaban J connectivity index is 1.70. The zero-order valence-corrected chi connectivity index (χ0v) is 15.2. The van der Waals surface area contributed by atoms with E-state index < -0.39 is 24.4 Å². The summed E-state index contributed by atoms with van der Waals surface area (Å²) in [5.41, 5.74) is 4.01. The zero-order valence-electron chi connectivity index (χ0n) is 13.7. The van der Waals surface area contributed by atoms with Gasteiger partial charge in [-0.3, -0.25) is 20.4 Å². The maximum Gasteiger partial charge on any atom is 0.342 e. The van der Waals surface area contributed by atoms with Crippen molar-refractivity contribution in [1.82, 2.24) is 10.9 Å². The molecule has 27 heavy (non-hydrogen) atoms. The molecule has 0 fully saturated rings. The van der Waals surface area contributed by atoms with Crippen molar-refractivity contribution in [2.75, 3.05) is 13.2 Å². The lowest BCUT2D eigenvalue weighted by Gasteiger charge is -2.09. The molecular weight excluding hydrogens is 399 g/mol. The van der Waals surface area contributed by atoms with Gasteiger partial charge >= 0.3 is 5.97 Å². The molecule has 2 amide bonds. The number of aromatic hydroxyl groups is 1. The molecule has 8 nitrogen and oxygen atoms in total. The third-order valence-corrected chi connectivity index (χ3v) is 3.53. The summed E-state index contributed by atoms with van der Waals surface area (Å²) in [6.07, 6.45) is 0. The summed E-state index contributed by atoms with van der Waals surface area (Å²) >= 11 is 11.4. The van der Waals surface area contributed by atoms with Crippen LogP contribution in [-0.4, -0.2) is 36.1 Å². The Morgan fingerprint density at radius 2 is 1.48 bits per heavy atom. The van der Waals surface area contributed by atoms with E-state index in [-0.39, 0.29) is 22.9 Å². The molecule has 142 valence electrons. The SMILES string of the molecule is O=C(COC(=O)c1ccc(Cl)cc1O)NNC(=O)COc1ccc(Cl)cc1. The van der Waals surface area contributed by atoms with Crippen LogP contribution in [0.25, 0.3) is 0 Å². The maximum atomic E-state index is 11.8. The topological polar surface area (TPSA) is 114 Å². The largest absolute Gasteiger partial charge is 0.507 e. The standard InChI is InChI=1S/C17H14Cl2N2O6/c18-10-1-4-12(5-2-10)26-8-15(23)20-21-16(24)9-27-17(25)13-6-3-11(19)7-14(13)22/h1-7,22H,8-9H2,(H,20,23)(H,21,24). The van der Waals surface area contributed by atoms with Crippen molar-refractivity contribution in [2.24, 2.45) is 0 Å². The quantitative estimate of drug-likeness (QED) is 0.494. The van der Waals surface area contributed by atoms with Crippen molar-refractivity contribution in [3.63, 3.8) is 0 Å². The van der Waals surface area contributed by atoms with Gasteiger partial charge in [-0.25, -0.2) is 4.79 Å². The smallest absolute Gasteiger partial charge is 0.342 e. The van der Waals surface area contributed by atoms with Crippen molar-refractivity contribution in [3.05, 3.63) is 58.1 Å². The van der Waals surface area contributed by atoms with Crippen LogP contribution in [0.4, 0.5) is 0 Å². The zero-order chi connectivity index (χ0) is 19.8. The van der Waals surface area contributed by atoms with Gasteiger partial charge in [0.1, 0.15) is 17.1 Å². The summed E-state index contributed by atoms with van der Waals surface area (Å²) in [6, 6.07) is 10.2. The summed E-state index contributed by atoms with van der Waals surface area (Å²) in [5, 5.41) is 10.4. The van der Waals surface area contributed by atoms with Gasteiger partial charge in [-0.15, -0.1) is 0 Å². The summed E-state index contributed by atoms with van der Waals surface area (Å²) in [6.45, 7) is -1.01. The van der Waals surface area contributed by atoms with Crippen LogP contribution in [0, 0.1) is 0 Å². The fourth-order valence-corrected chi connectivity index (χ4v) is 2.07. The van der Waals surface area contributed by atoms with Crippen molar-refractivity contribution >= 4 is 41.0 Å². The molecule has 0 aromatic heterocycles. The first-order valence-corrected chi connectivity index (χ1v) is 8.22. The number of carbonyl (C=O) groups is 3. The van der Waals surface area contributed by atoms with E-state index in [0.29, 0.717) is 10.8 Å². The van der Waals surface area contributed by atoms with Gasteiger partial charge in [-0.1, -0.05) is 23.2 Å². The number of hydrogen-bond donors (Lipinski definition) is 3. The number of amides is 2. The molecule has 0 radical (unpaired) electrons. The van der Waals surface area contributed by atoms with Crippen LogP contribution < -0.4 is 15.6 Å². The average Bonchev–Trinajstić information content (AvgIpc) is 2.64. The van der Waals surface area contributed by atoms with E-state index in [9.17, 15) is 19.5 Å². The van der Waals surface area contributed by atoms with Gasteiger partial charge < -0.3 is 14.6 Å². The molecule has 2 aromatic rings. The lowest BCUT2D eigenvalue weighted by molar-refractivity contribution is -0.131. The van der Waals surface area contributed by atoms with E-state index in [2.05, 4.69) is 10.9 Å². The number of carbonyl (C=O) groups excluding carboxylic acids is 3. The molecule has 0 unspecified atom stereocenters. The first-order chi connectivity index (χ1) is 12.8. The van der Waals surface area contributed by atoms with Crippen molar-refractivity contribution in [1.29, 1.82) is 0 Å². The second kappa shape index (κ2) is 9.65. The monoisotopic (exact) mass is 412 g/mol. The van der Waals surface area contributed by atoms with Crippen LogP contribution in [0.3, 0.4) is 0 Å². The fourth-order valence-electron chi connectivity index (χ4n) is 1.78. The van der Waals surface area contributed by atoms with Gasteiger partial charge in [0.2, 0.25) is 0 Å². The molecule has 0 heterocycles. The van der Waals surface area contributed by atoms with Gasteiger partial charge in [0, 0.05) is 10.0 Å². The van der Waals surface area contributed by atoms with Crippen molar-refractivity contribution in [3.8, 4) is 11.5 Å². The van der Waals surface area contributed by atoms with E-state index >= 15 is 0 Å². The number of benzene rings is 2. The van der Waals surface area contributed by atoms with Crippen LogP contribution in [0.1, 0.15) is 10.4 Å². The molecule has 0 bridgehead atoms. The van der Waals surface area contributed by atoms with Crippen LogP contribution >= 0.6 is 23.2 Å². The van der Waals surface area contributed by atoms with Crippen LogP contribution in [-0.2, 0) is 14.3 Å². The average molecular weight is 413 g/mol. The van der Waals surface area contributed by atoms with Gasteiger partial charge in [-0.2, -0.15) is 0 Å². The summed E-state index contributed by atoms with van der Waals surface area (Å²) in [4.78, 5) is 35.0. The third-order valence-electron chi connectivity index (χ3n) is 3.04. The van der Waals surface area contributed by atoms with E-state index in [1.807, 2.05) is 0 Å². The Morgan fingerprint density at radius 3 is 2.11 bits per heavy atom. The minimum absolute atomic E-state index is 0.146. The highest BCUT2D eigenvalue weighted by Crippen LogP contribution is 2.22. The molecule has 0 saturated carbocycles. The third kappa shape index (κ3) is 6.69. The molecule has 0 atom stereocenters. The minimum atomic E-state index is -0.920. The molecule has 0 aliphatic rings. The Bertz CT molecular complexity index is 842. The summed E-state index contributed by atoms with van der Waals surface area (Å²) in [7, 11) is 0. The predicted molar refractivity (Wildman–Crippen MR) is 96.6 cm³/mol. The molecule has 0 saturated heterocycles. The fraction of sp³-hybridized carbons (Fsp3) is 0.118. The molecular formula is C17H14Cl2N2O6. The number of hydrazine groups is 1. The predicted octanol–water partition coefficient (Wildman–Crippen LogP) is 2.08. The first-order valence-electron chi connectivity index (χ1n) is 7.47. The number of halogens is 2. The summed E-state index contributed by atoms with van der Waals surface area (Å²) in [5.74, 6) is -2.27. The lowest BCUT2D eigenvalue weighted by Crippen LogP contribution is -2.45. The maximum absolute atomic E-state index is 11.8. The minimum Gasteiger partial charge on any atom is -0.507 e. The van der Waals surface area contributed by atoms with Crippen molar-refractivity contribution < 1.29 is 29.0 Å². The molecule has 10 heteroatoms. The van der Waals surface area contributed by atoms with Crippen LogP contribution in [0.5, 0.6) is 11.5 Å². The lowest BCUT2D eigenvalue weighted by atomic mass is 10.2. The second-order valence-electron chi connectivity index (χ2n) is 5.08. The van der Waals surface area contributed by atoms with Gasteiger partial charge in [-0.05, 0) is 42.5 Å². The molecule has 2 aromatic carbocycles. The Kier molecular flexibility index (Phi) is 7.27. The summed E-state index contributed by atoms with van der Waals surface area (Å²) < 4.78 is 9.92. The molecule has 0 aliphatic heterocycles. The Labute approximate surface area is 163 Å². The van der Waals surface area contributed by atoms with Gasteiger partial charge in [0.25, 0.3) is 11.8 Å². The second-order valence-corrected chi connectivity index (χ2v) is 5.95. The van der Waals surface area contributed by atoms with Gasteiger partial charge in [0.05, 0.1) is 0 Å². The highest BCUT2D eigenvalue weighted by molar-refractivity contribution is 6.31. The number of ether oxygens (including phenoxy) is 2. The van der Waals surface area contributed by atoms with E-state index in [4.69, 9.17) is 32.7 Å².